The molecule has 0 spiro atoms. The fraction of sp³-hybridized carbons (Fsp3) is 1.00. The van der Waals surface area contributed by atoms with E-state index >= 15 is 0 Å². The minimum Gasteiger partial charge on any atom is -0.393 e. The summed E-state index contributed by atoms with van der Waals surface area (Å²) >= 11 is 0. The Labute approximate surface area is 146 Å². The first-order valence-corrected chi connectivity index (χ1v) is 10.6. The summed E-state index contributed by atoms with van der Waals surface area (Å²) < 4.78 is 0. The van der Waals surface area contributed by atoms with Gasteiger partial charge in [0.1, 0.15) is 0 Å². The molecule has 2 atom stereocenters. The molecular formula is C21H44O2. The Kier molecular flexibility index (Phi) is 18.2. The summed E-state index contributed by atoms with van der Waals surface area (Å²) in [6.45, 7) is 4.48. The first kappa shape index (κ1) is 22.9. The molecule has 0 aliphatic carbocycles. The van der Waals surface area contributed by atoms with Crippen molar-refractivity contribution in [1.29, 1.82) is 0 Å². The Balaban J connectivity index is 3.30. The summed E-state index contributed by atoms with van der Waals surface area (Å²) in [6.07, 6.45) is 19.7. The molecule has 140 valence electrons. The highest BCUT2D eigenvalue weighted by atomic mass is 16.3. The van der Waals surface area contributed by atoms with Crippen LogP contribution in [-0.4, -0.2) is 22.4 Å². The van der Waals surface area contributed by atoms with Crippen molar-refractivity contribution in [2.45, 2.75) is 135 Å². The van der Waals surface area contributed by atoms with Crippen LogP contribution in [0.4, 0.5) is 0 Å². The van der Waals surface area contributed by atoms with Gasteiger partial charge in [-0.3, -0.25) is 0 Å². The van der Waals surface area contributed by atoms with Crippen LogP contribution in [0.3, 0.4) is 0 Å². The standard InChI is InChI=1S/C21H44O2/c1-3-5-7-9-10-11-12-14-16-18-21(23)19-20(22)17-15-13-8-6-4-2/h20-23H,3-19H2,1-2H3. The van der Waals surface area contributed by atoms with Gasteiger partial charge in [-0.1, -0.05) is 104 Å². The zero-order valence-corrected chi connectivity index (χ0v) is 16.1. The molecule has 0 aromatic carbocycles. The molecule has 0 bridgehead atoms. The van der Waals surface area contributed by atoms with Gasteiger partial charge in [0.2, 0.25) is 0 Å². The van der Waals surface area contributed by atoms with E-state index in [-0.39, 0.29) is 12.2 Å². The van der Waals surface area contributed by atoms with Crippen molar-refractivity contribution in [3.8, 4) is 0 Å². The normalized spacial score (nSPS) is 14.1. The maximum Gasteiger partial charge on any atom is 0.0564 e. The van der Waals surface area contributed by atoms with Gasteiger partial charge in [-0.05, 0) is 19.3 Å². The topological polar surface area (TPSA) is 40.5 Å². The molecule has 0 aromatic rings. The van der Waals surface area contributed by atoms with Gasteiger partial charge >= 0.3 is 0 Å². The molecule has 0 aliphatic heterocycles. The minimum absolute atomic E-state index is 0.301. The number of hydrogen-bond acceptors (Lipinski definition) is 2. The van der Waals surface area contributed by atoms with E-state index in [0.717, 1.165) is 25.7 Å². The van der Waals surface area contributed by atoms with Gasteiger partial charge in [-0.2, -0.15) is 0 Å². The summed E-state index contributed by atoms with van der Waals surface area (Å²) in [5, 5.41) is 20.0. The Hall–Kier alpha value is -0.0800. The average Bonchev–Trinajstić information content (AvgIpc) is 2.53. The Morgan fingerprint density at radius 2 is 0.783 bits per heavy atom. The molecule has 2 N–H and O–H groups in total. The van der Waals surface area contributed by atoms with Crippen LogP contribution in [0.5, 0.6) is 0 Å². The van der Waals surface area contributed by atoms with Crippen molar-refractivity contribution in [1.82, 2.24) is 0 Å². The fourth-order valence-corrected chi connectivity index (χ4v) is 3.22. The van der Waals surface area contributed by atoms with Gasteiger partial charge in [0.05, 0.1) is 12.2 Å². The van der Waals surface area contributed by atoms with Crippen LogP contribution < -0.4 is 0 Å². The smallest absolute Gasteiger partial charge is 0.0564 e. The minimum atomic E-state index is -0.301. The van der Waals surface area contributed by atoms with E-state index in [2.05, 4.69) is 13.8 Å². The van der Waals surface area contributed by atoms with Gasteiger partial charge in [0, 0.05) is 0 Å². The first-order chi connectivity index (χ1) is 11.2. The van der Waals surface area contributed by atoms with Crippen LogP contribution in [0.25, 0.3) is 0 Å². The largest absolute Gasteiger partial charge is 0.393 e. The van der Waals surface area contributed by atoms with Crippen molar-refractivity contribution in [3.05, 3.63) is 0 Å². The lowest BCUT2D eigenvalue weighted by Crippen LogP contribution is -2.17. The Morgan fingerprint density at radius 1 is 0.478 bits per heavy atom. The van der Waals surface area contributed by atoms with Crippen molar-refractivity contribution in [2.24, 2.45) is 0 Å². The highest BCUT2D eigenvalue weighted by Crippen LogP contribution is 2.15. The highest BCUT2D eigenvalue weighted by molar-refractivity contribution is 4.64. The predicted octanol–water partition coefficient (Wildman–Crippen LogP) is 6.38. The molecule has 0 rings (SSSR count). The van der Waals surface area contributed by atoms with E-state index in [4.69, 9.17) is 0 Å². The van der Waals surface area contributed by atoms with Crippen LogP contribution >= 0.6 is 0 Å². The highest BCUT2D eigenvalue weighted by Gasteiger charge is 2.11. The molecule has 0 aliphatic rings. The molecule has 23 heavy (non-hydrogen) atoms. The predicted molar refractivity (Wildman–Crippen MR) is 102 cm³/mol. The van der Waals surface area contributed by atoms with E-state index in [1.807, 2.05) is 0 Å². The molecule has 0 saturated carbocycles. The van der Waals surface area contributed by atoms with E-state index < -0.39 is 0 Å². The van der Waals surface area contributed by atoms with Crippen LogP contribution in [0.15, 0.2) is 0 Å². The van der Waals surface area contributed by atoms with Crippen LogP contribution in [-0.2, 0) is 0 Å². The lowest BCUT2D eigenvalue weighted by Gasteiger charge is -2.15. The summed E-state index contributed by atoms with van der Waals surface area (Å²) in [7, 11) is 0. The summed E-state index contributed by atoms with van der Waals surface area (Å²) in [5.41, 5.74) is 0. The second-order valence-corrected chi connectivity index (χ2v) is 7.36. The second-order valence-electron chi connectivity index (χ2n) is 7.36. The lowest BCUT2D eigenvalue weighted by atomic mass is 10.00. The molecule has 0 amide bonds. The summed E-state index contributed by atoms with van der Waals surface area (Å²) in [5.74, 6) is 0. The van der Waals surface area contributed by atoms with Gasteiger partial charge in [-0.25, -0.2) is 0 Å². The Bertz CT molecular complexity index is 218. The molecule has 2 unspecified atom stereocenters. The summed E-state index contributed by atoms with van der Waals surface area (Å²) in [6, 6.07) is 0. The average molecular weight is 329 g/mol. The monoisotopic (exact) mass is 328 g/mol. The molecule has 2 nitrogen and oxygen atoms in total. The third-order valence-electron chi connectivity index (χ3n) is 4.83. The van der Waals surface area contributed by atoms with Crippen molar-refractivity contribution >= 4 is 0 Å². The van der Waals surface area contributed by atoms with Gasteiger partial charge in [-0.15, -0.1) is 0 Å². The maximum absolute atomic E-state index is 10.0. The molecule has 0 radical (unpaired) electrons. The molecule has 0 saturated heterocycles. The molecule has 0 fully saturated rings. The fourth-order valence-electron chi connectivity index (χ4n) is 3.22. The number of aliphatic hydroxyl groups excluding tert-OH is 2. The molecular weight excluding hydrogens is 284 g/mol. The SMILES string of the molecule is CCCCCCCCCCCC(O)CC(O)CCCCCCC. The molecule has 0 heterocycles. The van der Waals surface area contributed by atoms with E-state index in [9.17, 15) is 10.2 Å². The zero-order chi connectivity index (χ0) is 17.2. The molecule has 0 aromatic heterocycles. The van der Waals surface area contributed by atoms with E-state index in [1.165, 1.54) is 77.0 Å². The number of rotatable bonds is 18. The third-order valence-corrected chi connectivity index (χ3v) is 4.83. The van der Waals surface area contributed by atoms with Crippen molar-refractivity contribution < 1.29 is 10.2 Å². The second kappa shape index (κ2) is 18.3. The quantitative estimate of drug-likeness (QED) is 0.287. The van der Waals surface area contributed by atoms with Crippen molar-refractivity contribution in [3.63, 3.8) is 0 Å². The zero-order valence-electron chi connectivity index (χ0n) is 16.1. The Morgan fingerprint density at radius 3 is 1.13 bits per heavy atom. The van der Waals surface area contributed by atoms with Gasteiger partial charge < -0.3 is 10.2 Å². The van der Waals surface area contributed by atoms with Crippen LogP contribution in [0.1, 0.15) is 123 Å². The van der Waals surface area contributed by atoms with Gasteiger partial charge in [0.15, 0.2) is 0 Å². The first-order valence-electron chi connectivity index (χ1n) is 10.6. The maximum atomic E-state index is 10.0. The van der Waals surface area contributed by atoms with E-state index in [1.54, 1.807) is 0 Å². The van der Waals surface area contributed by atoms with Crippen molar-refractivity contribution in [2.75, 3.05) is 0 Å². The number of hydrogen-bond donors (Lipinski definition) is 2. The third kappa shape index (κ3) is 18.1. The van der Waals surface area contributed by atoms with Crippen LogP contribution in [0, 0.1) is 0 Å². The molecule has 2 heteroatoms. The van der Waals surface area contributed by atoms with Gasteiger partial charge in [0.25, 0.3) is 0 Å². The summed E-state index contributed by atoms with van der Waals surface area (Å²) in [4.78, 5) is 0. The number of unbranched alkanes of at least 4 members (excludes halogenated alkanes) is 12. The van der Waals surface area contributed by atoms with E-state index in [0.29, 0.717) is 6.42 Å². The van der Waals surface area contributed by atoms with Crippen LogP contribution in [0.2, 0.25) is 0 Å². The number of aliphatic hydroxyl groups is 2. The lowest BCUT2D eigenvalue weighted by molar-refractivity contribution is 0.0680.